The maximum absolute atomic E-state index is 10.5. The maximum atomic E-state index is 10.5. The summed E-state index contributed by atoms with van der Waals surface area (Å²) in [6, 6.07) is 1.75. The van der Waals surface area contributed by atoms with Gasteiger partial charge in [-0.15, -0.1) is 0 Å². The molecule has 0 saturated heterocycles. The van der Waals surface area contributed by atoms with Crippen molar-refractivity contribution in [2.75, 3.05) is 0 Å². The Morgan fingerprint density at radius 2 is 2.21 bits per heavy atom. The van der Waals surface area contributed by atoms with Gasteiger partial charge in [0.2, 0.25) is 5.69 Å². The number of aromatic nitrogens is 1. The van der Waals surface area contributed by atoms with Gasteiger partial charge < -0.3 is 15.2 Å². The zero-order valence-corrected chi connectivity index (χ0v) is 6.71. The number of nitro groups is 1. The molecule has 0 atom stereocenters. The second-order valence-corrected chi connectivity index (χ2v) is 2.32. The summed E-state index contributed by atoms with van der Waals surface area (Å²) < 4.78 is 0. The molecule has 0 spiro atoms. The van der Waals surface area contributed by atoms with Gasteiger partial charge >= 0.3 is 11.8 Å². The molecule has 1 aromatic heterocycles. The van der Waals surface area contributed by atoms with Crippen LogP contribution in [0.5, 0.6) is 0 Å². The molecule has 0 aliphatic carbocycles. The van der Waals surface area contributed by atoms with Gasteiger partial charge in [0.25, 0.3) is 0 Å². The van der Waals surface area contributed by atoms with E-state index in [-0.39, 0.29) is 17.5 Å². The van der Waals surface area contributed by atoms with E-state index >= 15 is 0 Å². The van der Waals surface area contributed by atoms with E-state index < -0.39 is 16.7 Å². The first kappa shape index (κ1) is 9.78. The van der Waals surface area contributed by atoms with E-state index in [1.54, 1.807) is 0 Å². The minimum Gasteiger partial charge on any atom is -0.478 e. The summed E-state index contributed by atoms with van der Waals surface area (Å²) in [5.74, 6) is -2.01. The van der Waals surface area contributed by atoms with Gasteiger partial charge in [0.05, 0.1) is 11.6 Å². The minimum absolute atomic E-state index is 0.249. The molecule has 0 fully saturated rings. The second kappa shape index (κ2) is 3.60. The number of aldehydes is 1. The normalized spacial score (nSPS) is 9.43. The fraction of sp³-hybridized carbons (Fsp3) is 0. The Balaban J connectivity index is 3.34. The number of nitrogens with zero attached hydrogens (tertiary/aromatic N) is 2. The first-order valence-corrected chi connectivity index (χ1v) is 3.39. The molecule has 0 unspecified atom stereocenters. The number of pyridine rings is 1. The monoisotopic (exact) mass is 196 g/mol. The SMILES string of the molecule is O=Cc1cc(C(=O)O)cc([N+](=O)[O-])n1. The van der Waals surface area contributed by atoms with E-state index in [4.69, 9.17) is 5.11 Å². The summed E-state index contributed by atoms with van der Waals surface area (Å²) in [5.41, 5.74) is -0.620. The second-order valence-electron chi connectivity index (χ2n) is 2.32. The van der Waals surface area contributed by atoms with Crippen LogP contribution >= 0.6 is 0 Å². The predicted octanol–water partition coefficient (Wildman–Crippen LogP) is 0.500. The van der Waals surface area contributed by atoms with Crippen molar-refractivity contribution in [3.8, 4) is 0 Å². The summed E-state index contributed by atoms with van der Waals surface area (Å²) in [6.45, 7) is 0. The van der Waals surface area contributed by atoms with Gasteiger partial charge in [-0.1, -0.05) is 0 Å². The summed E-state index contributed by atoms with van der Waals surface area (Å²) in [6.07, 6.45) is 0.249. The van der Waals surface area contributed by atoms with Gasteiger partial charge in [-0.2, -0.15) is 0 Å². The highest BCUT2D eigenvalue weighted by atomic mass is 16.6. The van der Waals surface area contributed by atoms with Crippen LogP contribution in [0, 0.1) is 10.1 Å². The lowest BCUT2D eigenvalue weighted by molar-refractivity contribution is -0.389. The Labute approximate surface area is 77.2 Å². The maximum Gasteiger partial charge on any atom is 0.365 e. The number of carboxylic acids is 1. The smallest absolute Gasteiger partial charge is 0.365 e. The fourth-order valence-corrected chi connectivity index (χ4v) is 0.814. The third-order valence-corrected chi connectivity index (χ3v) is 1.39. The lowest BCUT2D eigenvalue weighted by Gasteiger charge is -1.94. The average Bonchev–Trinajstić information content (AvgIpc) is 2.16. The highest BCUT2D eigenvalue weighted by Crippen LogP contribution is 2.11. The van der Waals surface area contributed by atoms with Crippen LogP contribution in [0.15, 0.2) is 12.1 Å². The van der Waals surface area contributed by atoms with Crippen molar-refractivity contribution in [3.05, 3.63) is 33.5 Å². The number of carboxylic acid groups (broad SMARTS) is 1. The highest BCUT2D eigenvalue weighted by molar-refractivity contribution is 5.90. The number of carbonyl (C=O) groups excluding carboxylic acids is 1. The first-order chi connectivity index (χ1) is 6.54. The van der Waals surface area contributed by atoms with Crippen molar-refractivity contribution in [1.29, 1.82) is 0 Å². The van der Waals surface area contributed by atoms with Crippen LogP contribution in [-0.2, 0) is 0 Å². The molecular weight excluding hydrogens is 192 g/mol. The van der Waals surface area contributed by atoms with Crippen molar-refractivity contribution < 1.29 is 19.6 Å². The molecule has 0 aromatic carbocycles. The number of aromatic carboxylic acids is 1. The van der Waals surface area contributed by atoms with Crippen LogP contribution < -0.4 is 0 Å². The predicted molar refractivity (Wildman–Crippen MR) is 43.2 cm³/mol. The molecule has 0 amide bonds. The number of hydrogen-bond acceptors (Lipinski definition) is 5. The molecule has 14 heavy (non-hydrogen) atoms. The van der Waals surface area contributed by atoms with Gasteiger partial charge in [-0.05, 0) is 9.91 Å². The first-order valence-electron chi connectivity index (χ1n) is 3.39. The molecule has 7 nitrogen and oxygen atoms in total. The third-order valence-electron chi connectivity index (χ3n) is 1.39. The lowest BCUT2D eigenvalue weighted by atomic mass is 10.2. The standard InChI is InChI=1S/C7H4N2O5/c10-3-5-1-4(7(11)12)2-6(8-5)9(13)14/h1-3H,(H,11,12). The number of hydrogen-bond donors (Lipinski definition) is 1. The van der Waals surface area contributed by atoms with Crippen molar-refractivity contribution in [2.45, 2.75) is 0 Å². The molecule has 0 radical (unpaired) electrons. The Hall–Kier alpha value is -2.31. The molecular formula is C7H4N2O5. The topological polar surface area (TPSA) is 110 Å². The van der Waals surface area contributed by atoms with Gasteiger partial charge in [-0.3, -0.25) is 4.79 Å². The molecule has 1 aromatic rings. The van der Waals surface area contributed by atoms with Gasteiger partial charge in [0, 0.05) is 6.07 Å². The molecule has 0 bridgehead atoms. The molecule has 0 aliphatic heterocycles. The van der Waals surface area contributed by atoms with Crippen LogP contribution in [0.25, 0.3) is 0 Å². The van der Waals surface area contributed by atoms with Crippen LogP contribution in [0.1, 0.15) is 20.8 Å². The van der Waals surface area contributed by atoms with E-state index in [1.807, 2.05) is 0 Å². The lowest BCUT2D eigenvalue weighted by Crippen LogP contribution is -2.02. The number of rotatable bonds is 3. The highest BCUT2D eigenvalue weighted by Gasteiger charge is 2.16. The van der Waals surface area contributed by atoms with Crippen LogP contribution in [0.3, 0.4) is 0 Å². The zero-order chi connectivity index (χ0) is 10.7. The van der Waals surface area contributed by atoms with Crippen LogP contribution in [0.4, 0.5) is 5.82 Å². The van der Waals surface area contributed by atoms with Gasteiger partial charge in [0.15, 0.2) is 6.29 Å². The minimum atomic E-state index is -1.35. The average molecular weight is 196 g/mol. The molecule has 1 heterocycles. The summed E-state index contributed by atoms with van der Waals surface area (Å²) >= 11 is 0. The largest absolute Gasteiger partial charge is 0.478 e. The van der Waals surface area contributed by atoms with E-state index in [9.17, 15) is 19.7 Å². The van der Waals surface area contributed by atoms with Crippen molar-refractivity contribution in [3.63, 3.8) is 0 Å². The molecule has 0 aliphatic rings. The molecule has 0 saturated carbocycles. The third kappa shape index (κ3) is 1.89. The van der Waals surface area contributed by atoms with Crippen molar-refractivity contribution >= 4 is 18.1 Å². The summed E-state index contributed by atoms with van der Waals surface area (Å²) in [4.78, 5) is 33.5. The Bertz CT molecular complexity index is 382. The quantitative estimate of drug-likeness (QED) is 0.428. The van der Waals surface area contributed by atoms with E-state index in [2.05, 4.69) is 4.98 Å². The van der Waals surface area contributed by atoms with Crippen molar-refractivity contribution in [1.82, 2.24) is 4.98 Å². The Kier molecular flexibility index (Phi) is 2.52. The molecule has 7 heteroatoms. The Morgan fingerprint density at radius 1 is 1.57 bits per heavy atom. The summed E-state index contributed by atoms with van der Waals surface area (Å²) in [5, 5.41) is 18.8. The zero-order valence-electron chi connectivity index (χ0n) is 6.71. The Morgan fingerprint density at radius 3 is 2.64 bits per heavy atom. The number of carbonyl (C=O) groups is 2. The molecule has 1 N–H and O–H groups in total. The van der Waals surface area contributed by atoms with Crippen LogP contribution in [-0.4, -0.2) is 27.3 Å². The molecule has 1 rings (SSSR count). The van der Waals surface area contributed by atoms with E-state index in [1.165, 1.54) is 0 Å². The summed E-state index contributed by atoms with van der Waals surface area (Å²) in [7, 11) is 0. The van der Waals surface area contributed by atoms with Crippen LogP contribution in [0.2, 0.25) is 0 Å². The van der Waals surface area contributed by atoms with Crippen molar-refractivity contribution in [2.24, 2.45) is 0 Å². The van der Waals surface area contributed by atoms with E-state index in [0.717, 1.165) is 12.1 Å². The van der Waals surface area contributed by atoms with Gasteiger partial charge in [0.1, 0.15) is 0 Å². The molecule has 72 valence electrons. The van der Waals surface area contributed by atoms with E-state index in [0.29, 0.717) is 0 Å². The van der Waals surface area contributed by atoms with Gasteiger partial charge in [-0.25, -0.2) is 4.79 Å². The fourth-order valence-electron chi connectivity index (χ4n) is 0.814.